The highest BCUT2D eigenvalue weighted by atomic mass is 35.5. The smallest absolute Gasteiger partial charge is 0.274 e. The molecule has 0 radical (unpaired) electrons. The van der Waals surface area contributed by atoms with Gasteiger partial charge in [0.2, 0.25) is 0 Å². The molecular formula is C18H14ClN5O3. The summed E-state index contributed by atoms with van der Waals surface area (Å²) in [5, 5.41) is 8.08. The van der Waals surface area contributed by atoms with Gasteiger partial charge in [0.05, 0.1) is 21.8 Å². The molecule has 0 fully saturated rings. The molecule has 0 unspecified atom stereocenters. The Morgan fingerprint density at radius 2 is 1.44 bits per heavy atom. The number of nitrogens with zero attached hydrogens (tertiary/aromatic N) is 5. The van der Waals surface area contributed by atoms with Crippen molar-refractivity contribution in [3.8, 4) is 5.69 Å². The van der Waals surface area contributed by atoms with Crippen molar-refractivity contribution in [3.63, 3.8) is 0 Å². The number of aryl methyl sites for hydroxylation is 1. The highest BCUT2D eigenvalue weighted by molar-refractivity contribution is 6.32. The summed E-state index contributed by atoms with van der Waals surface area (Å²) >= 11 is 6.09. The van der Waals surface area contributed by atoms with Gasteiger partial charge < -0.3 is 0 Å². The van der Waals surface area contributed by atoms with Gasteiger partial charge in [0, 0.05) is 13.1 Å². The van der Waals surface area contributed by atoms with Gasteiger partial charge in [-0.05, 0) is 41.1 Å². The van der Waals surface area contributed by atoms with Gasteiger partial charge in [-0.2, -0.15) is 9.36 Å². The third-order valence-electron chi connectivity index (χ3n) is 4.35. The molecule has 0 N–H and O–H groups in total. The SMILES string of the molecule is O=C1c2ccccc2C(=O)N1CCCn1nnn(-c2ccccc2Cl)c1=O. The number of amides is 2. The number of para-hydroxylation sites is 1. The Morgan fingerprint density at radius 3 is 2.11 bits per heavy atom. The molecule has 0 saturated carbocycles. The minimum atomic E-state index is -0.439. The van der Waals surface area contributed by atoms with E-state index in [2.05, 4.69) is 10.4 Å². The average molecular weight is 384 g/mol. The van der Waals surface area contributed by atoms with Crippen LogP contribution < -0.4 is 5.69 Å². The van der Waals surface area contributed by atoms with Gasteiger partial charge in [-0.15, -0.1) is 0 Å². The zero-order chi connectivity index (χ0) is 19.0. The Kier molecular flexibility index (Phi) is 4.33. The first-order chi connectivity index (χ1) is 13.1. The number of hydrogen-bond acceptors (Lipinski definition) is 5. The zero-order valence-corrected chi connectivity index (χ0v) is 14.8. The molecule has 2 amide bonds. The number of tetrazole rings is 1. The van der Waals surface area contributed by atoms with E-state index in [1.54, 1.807) is 48.5 Å². The number of fused-ring (bicyclic) bond motifs is 1. The molecule has 0 saturated heterocycles. The van der Waals surface area contributed by atoms with Crippen molar-refractivity contribution in [1.29, 1.82) is 0 Å². The highest BCUT2D eigenvalue weighted by Crippen LogP contribution is 2.22. The number of halogens is 1. The van der Waals surface area contributed by atoms with Gasteiger partial charge in [0.25, 0.3) is 11.8 Å². The molecule has 2 heterocycles. The lowest BCUT2D eigenvalue weighted by atomic mass is 10.1. The second kappa shape index (κ2) is 6.81. The van der Waals surface area contributed by atoms with Crippen LogP contribution in [0.15, 0.2) is 53.3 Å². The van der Waals surface area contributed by atoms with Gasteiger partial charge in [-0.25, -0.2) is 4.79 Å². The Hall–Kier alpha value is -3.26. The van der Waals surface area contributed by atoms with Gasteiger partial charge in [0.15, 0.2) is 0 Å². The number of carbonyl (C=O) groups excluding carboxylic acids is 2. The quantitative estimate of drug-likeness (QED) is 0.626. The van der Waals surface area contributed by atoms with E-state index in [9.17, 15) is 14.4 Å². The molecule has 0 atom stereocenters. The van der Waals surface area contributed by atoms with E-state index in [1.807, 2.05) is 0 Å². The van der Waals surface area contributed by atoms with Crippen LogP contribution in [0.4, 0.5) is 0 Å². The standard InChI is InChI=1S/C18H14ClN5O3/c19-14-8-3-4-9-15(14)24-18(27)23(20-21-24)11-5-10-22-16(25)12-6-1-2-7-13(12)17(22)26/h1-4,6-9H,5,10-11H2. The van der Waals surface area contributed by atoms with Crippen LogP contribution in [0.2, 0.25) is 5.02 Å². The third-order valence-corrected chi connectivity index (χ3v) is 4.67. The summed E-state index contributed by atoms with van der Waals surface area (Å²) in [5.41, 5.74) is 0.815. The maximum Gasteiger partial charge on any atom is 0.368 e. The first-order valence-electron chi connectivity index (χ1n) is 8.31. The van der Waals surface area contributed by atoms with E-state index in [-0.39, 0.29) is 24.9 Å². The molecule has 1 aromatic heterocycles. The van der Waals surface area contributed by atoms with Crippen molar-refractivity contribution in [2.45, 2.75) is 13.0 Å². The normalized spacial score (nSPS) is 13.3. The summed E-state index contributed by atoms with van der Waals surface area (Å²) in [4.78, 5) is 38.3. The summed E-state index contributed by atoms with van der Waals surface area (Å²) in [6.07, 6.45) is 0.382. The van der Waals surface area contributed by atoms with Crippen molar-refractivity contribution in [1.82, 2.24) is 24.7 Å². The molecule has 0 aliphatic carbocycles. The minimum absolute atomic E-state index is 0.192. The lowest BCUT2D eigenvalue weighted by molar-refractivity contribution is 0.0650. The van der Waals surface area contributed by atoms with Crippen LogP contribution in [0.1, 0.15) is 27.1 Å². The molecule has 27 heavy (non-hydrogen) atoms. The Bertz CT molecular complexity index is 1070. The molecule has 3 aromatic rings. The summed E-state index contributed by atoms with van der Waals surface area (Å²) in [6, 6.07) is 13.5. The highest BCUT2D eigenvalue weighted by Gasteiger charge is 2.34. The molecule has 2 aromatic carbocycles. The van der Waals surface area contributed by atoms with E-state index in [0.717, 1.165) is 4.68 Å². The predicted octanol–water partition coefficient (Wildman–Crippen LogP) is 1.77. The Morgan fingerprint density at radius 1 is 0.815 bits per heavy atom. The molecule has 9 heteroatoms. The largest absolute Gasteiger partial charge is 0.368 e. The van der Waals surface area contributed by atoms with Gasteiger partial charge in [-0.3, -0.25) is 14.5 Å². The van der Waals surface area contributed by atoms with Crippen molar-refractivity contribution in [2.75, 3.05) is 6.54 Å². The van der Waals surface area contributed by atoms with E-state index in [0.29, 0.717) is 28.3 Å². The second-order valence-electron chi connectivity index (χ2n) is 6.01. The number of imide groups is 1. The predicted molar refractivity (Wildman–Crippen MR) is 97.1 cm³/mol. The molecule has 1 aliphatic heterocycles. The maximum absolute atomic E-state index is 12.5. The third kappa shape index (κ3) is 2.93. The average Bonchev–Trinajstić information content (AvgIpc) is 3.15. The summed E-state index contributed by atoms with van der Waals surface area (Å²) < 4.78 is 2.30. The lowest BCUT2D eigenvalue weighted by Gasteiger charge is -2.12. The van der Waals surface area contributed by atoms with Crippen LogP contribution in [0.3, 0.4) is 0 Å². The number of aromatic nitrogens is 4. The van der Waals surface area contributed by atoms with E-state index >= 15 is 0 Å². The number of hydrogen-bond donors (Lipinski definition) is 0. The van der Waals surface area contributed by atoms with Crippen LogP contribution in [0, 0.1) is 0 Å². The van der Waals surface area contributed by atoms with Crippen molar-refractivity contribution >= 4 is 23.4 Å². The molecular weight excluding hydrogens is 370 g/mol. The van der Waals surface area contributed by atoms with E-state index < -0.39 is 5.69 Å². The summed E-state index contributed by atoms with van der Waals surface area (Å²) in [6.45, 7) is 0.411. The molecule has 4 rings (SSSR count). The van der Waals surface area contributed by atoms with Crippen LogP contribution in [0.25, 0.3) is 5.69 Å². The zero-order valence-electron chi connectivity index (χ0n) is 14.1. The monoisotopic (exact) mass is 383 g/mol. The van der Waals surface area contributed by atoms with Gasteiger partial charge in [-0.1, -0.05) is 35.9 Å². The Labute approximate surface area is 158 Å². The second-order valence-corrected chi connectivity index (χ2v) is 6.42. The van der Waals surface area contributed by atoms with Crippen molar-refractivity contribution in [2.24, 2.45) is 0 Å². The lowest BCUT2D eigenvalue weighted by Crippen LogP contribution is -2.32. The number of rotatable bonds is 5. The summed E-state index contributed by atoms with van der Waals surface area (Å²) in [7, 11) is 0. The van der Waals surface area contributed by atoms with Crippen molar-refractivity contribution < 1.29 is 9.59 Å². The first-order valence-corrected chi connectivity index (χ1v) is 8.68. The van der Waals surface area contributed by atoms with Gasteiger partial charge >= 0.3 is 5.69 Å². The fourth-order valence-electron chi connectivity index (χ4n) is 3.01. The molecule has 136 valence electrons. The Balaban J connectivity index is 1.45. The molecule has 0 bridgehead atoms. The van der Waals surface area contributed by atoms with Gasteiger partial charge in [0.1, 0.15) is 0 Å². The van der Waals surface area contributed by atoms with Crippen LogP contribution in [0.5, 0.6) is 0 Å². The molecule has 8 nitrogen and oxygen atoms in total. The minimum Gasteiger partial charge on any atom is -0.274 e. The number of benzene rings is 2. The van der Waals surface area contributed by atoms with E-state index in [1.165, 1.54) is 9.58 Å². The van der Waals surface area contributed by atoms with Crippen LogP contribution in [-0.2, 0) is 6.54 Å². The fraction of sp³-hybridized carbons (Fsp3) is 0.167. The van der Waals surface area contributed by atoms with E-state index in [4.69, 9.17) is 11.6 Å². The maximum atomic E-state index is 12.5. The molecule has 1 aliphatic rings. The van der Waals surface area contributed by atoms with Crippen molar-refractivity contribution in [3.05, 3.63) is 75.2 Å². The van der Waals surface area contributed by atoms with Crippen LogP contribution in [-0.4, -0.2) is 43.0 Å². The topological polar surface area (TPSA) is 90.1 Å². The fourth-order valence-corrected chi connectivity index (χ4v) is 3.23. The number of carbonyl (C=O) groups is 2. The van der Waals surface area contributed by atoms with Crippen LogP contribution >= 0.6 is 11.6 Å². The summed E-state index contributed by atoms with van der Waals surface area (Å²) in [5.74, 6) is -0.634. The first kappa shape index (κ1) is 17.2. The molecule has 0 spiro atoms.